The highest BCUT2D eigenvalue weighted by Gasteiger charge is 2.42. The van der Waals surface area contributed by atoms with Crippen LogP contribution >= 0.6 is 23.6 Å². The van der Waals surface area contributed by atoms with Crippen LogP contribution in [0.3, 0.4) is 0 Å². The molecule has 2 saturated carbocycles. The van der Waals surface area contributed by atoms with Crippen molar-refractivity contribution >= 4 is 23.6 Å². The topological polar surface area (TPSA) is 33.6 Å². The van der Waals surface area contributed by atoms with Crippen LogP contribution in [-0.4, -0.2) is 14.8 Å². The van der Waals surface area contributed by atoms with Gasteiger partial charge in [-0.2, -0.15) is 16.4 Å². The summed E-state index contributed by atoms with van der Waals surface area (Å²) in [4.78, 5) is 0. The van der Waals surface area contributed by atoms with Gasteiger partial charge in [-0.25, -0.2) is 0 Å². The molecule has 1 unspecified atom stereocenters. The van der Waals surface area contributed by atoms with Gasteiger partial charge in [-0.05, 0) is 67.6 Å². The van der Waals surface area contributed by atoms with Crippen LogP contribution in [-0.2, 0) is 0 Å². The number of thiophene rings is 1. The first kappa shape index (κ1) is 12.8. The number of nitrogens with zero attached hydrogens (tertiary/aromatic N) is 2. The third kappa shape index (κ3) is 1.91. The van der Waals surface area contributed by atoms with Gasteiger partial charge >= 0.3 is 0 Å². The molecule has 0 amide bonds. The summed E-state index contributed by atoms with van der Waals surface area (Å²) < 4.78 is 3.02. The van der Waals surface area contributed by atoms with Crippen LogP contribution in [0.2, 0.25) is 0 Å². The lowest BCUT2D eigenvalue weighted by atomic mass is 9.84. The lowest BCUT2D eigenvalue weighted by Gasteiger charge is -2.29. The Kier molecular flexibility index (Phi) is 3.07. The second-order valence-electron chi connectivity index (χ2n) is 6.31. The van der Waals surface area contributed by atoms with Gasteiger partial charge in [0.1, 0.15) is 0 Å². The minimum absolute atomic E-state index is 0.450. The summed E-state index contributed by atoms with van der Waals surface area (Å²) in [6, 6.07) is 2.58. The predicted molar refractivity (Wildman–Crippen MR) is 84.4 cm³/mol. The highest BCUT2D eigenvalue weighted by atomic mass is 32.1. The van der Waals surface area contributed by atoms with Gasteiger partial charge < -0.3 is 0 Å². The summed E-state index contributed by atoms with van der Waals surface area (Å²) in [5.74, 6) is 3.65. The van der Waals surface area contributed by atoms with Crippen LogP contribution in [0.1, 0.15) is 38.6 Å². The van der Waals surface area contributed by atoms with Crippen molar-refractivity contribution in [3.63, 3.8) is 0 Å². The predicted octanol–water partition coefficient (Wildman–Crippen LogP) is 4.67. The molecule has 2 aromatic rings. The maximum Gasteiger partial charge on any atom is 0.195 e. The molecule has 0 spiro atoms. The minimum atomic E-state index is 0.450. The minimum Gasteiger partial charge on any atom is -0.297 e. The van der Waals surface area contributed by atoms with E-state index in [9.17, 15) is 0 Å². The average molecular weight is 305 g/mol. The molecule has 0 radical (unpaired) electrons. The van der Waals surface area contributed by atoms with Gasteiger partial charge in [-0.3, -0.25) is 9.67 Å². The molecule has 2 aromatic heterocycles. The number of aromatic amines is 1. The molecule has 5 heteroatoms. The Labute approximate surface area is 128 Å². The molecule has 4 rings (SSSR count). The van der Waals surface area contributed by atoms with E-state index >= 15 is 0 Å². The molecule has 0 aromatic carbocycles. The second-order valence-corrected chi connectivity index (χ2v) is 7.48. The Balaban J connectivity index is 1.71. The zero-order chi connectivity index (χ0) is 13.7. The Morgan fingerprint density at radius 1 is 1.45 bits per heavy atom. The van der Waals surface area contributed by atoms with Crippen LogP contribution in [0.25, 0.3) is 11.4 Å². The van der Waals surface area contributed by atoms with E-state index < -0.39 is 0 Å². The fourth-order valence-electron chi connectivity index (χ4n) is 4.35. The van der Waals surface area contributed by atoms with E-state index in [1.165, 1.54) is 31.2 Å². The van der Waals surface area contributed by atoms with E-state index in [0.29, 0.717) is 6.04 Å². The summed E-state index contributed by atoms with van der Waals surface area (Å²) in [6.45, 7) is 2.33. The van der Waals surface area contributed by atoms with Crippen LogP contribution in [0, 0.1) is 22.5 Å². The SMILES string of the molecule is C[C@@H]([C@@H]1CC2CC[C@H]1C2)n1c(-c2ccsc2)n[nH]c1=S. The molecule has 2 bridgehead atoms. The molecule has 0 aliphatic heterocycles. The first-order valence-electron chi connectivity index (χ1n) is 7.43. The maximum absolute atomic E-state index is 5.49. The van der Waals surface area contributed by atoms with Crippen LogP contribution in [0.5, 0.6) is 0 Å². The van der Waals surface area contributed by atoms with Crippen molar-refractivity contribution in [1.82, 2.24) is 14.8 Å². The van der Waals surface area contributed by atoms with Crippen molar-refractivity contribution in [2.75, 3.05) is 0 Å². The summed E-state index contributed by atoms with van der Waals surface area (Å²) in [7, 11) is 0. The third-order valence-electron chi connectivity index (χ3n) is 5.30. The number of hydrogen-bond acceptors (Lipinski definition) is 3. The van der Waals surface area contributed by atoms with Crippen molar-refractivity contribution in [3.05, 3.63) is 21.6 Å². The first-order chi connectivity index (χ1) is 9.74. The Bertz CT molecular complexity index is 655. The highest BCUT2D eigenvalue weighted by Crippen LogP contribution is 2.52. The smallest absolute Gasteiger partial charge is 0.195 e. The van der Waals surface area contributed by atoms with E-state index in [0.717, 1.165) is 28.3 Å². The number of rotatable bonds is 3. The number of fused-ring (bicyclic) bond motifs is 2. The lowest BCUT2D eigenvalue weighted by Crippen LogP contribution is -2.22. The molecule has 1 N–H and O–H groups in total. The fraction of sp³-hybridized carbons (Fsp3) is 0.600. The summed E-state index contributed by atoms with van der Waals surface area (Å²) >= 11 is 7.20. The zero-order valence-corrected chi connectivity index (χ0v) is 13.2. The molecule has 3 nitrogen and oxygen atoms in total. The van der Waals surface area contributed by atoms with E-state index in [1.807, 2.05) is 0 Å². The van der Waals surface area contributed by atoms with E-state index in [4.69, 9.17) is 12.2 Å². The normalized spacial score (nSPS) is 29.9. The molecule has 20 heavy (non-hydrogen) atoms. The Morgan fingerprint density at radius 2 is 2.35 bits per heavy atom. The van der Waals surface area contributed by atoms with E-state index in [1.54, 1.807) is 11.3 Å². The summed E-state index contributed by atoms with van der Waals surface area (Å²) in [6.07, 6.45) is 5.68. The monoisotopic (exact) mass is 305 g/mol. The number of aromatic nitrogens is 3. The molecule has 106 valence electrons. The van der Waals surface area contributed by atoms with Gasteiger partial charge in [0.25, 0.3) is 0 Å². The van der Waals surface area contributed by atoms with E-state index in [-0.39, 0.29) is 0 Å². The average Bonchev–Trinajstić information content (AvgIpc) is 3.21. The molecule has 0 saturated heterocycles. The second kappa shape index (κ2) is 4.81. The standard InChI is InChI=1S/C15H19N3S2/c1-9(13-7-10-2-3-11(13)6-10)18-14(16-17-15(18)19)12-4-5-20-8-12/h4-5,8-11,13H,2-3,6-7H2,1H3,(H,17,19)/t9-,10?,11-,13-/m0/s1. The third-order valence-corrected chi connectivity index (χ3v) is 6.27. The van der Waals surface area contributed by atoms with E-state index in [2.05, 4.69) is 38.5 Å². The van der Waals surface area contributed by atoms with Crippen molar-refractivity contribution in [1.29, 1.82) is 0 Å². The number of hydrogen-bond donors (Lipinski definition) is 1. The Morgan fingerprint density at radius 3 is 3.00 bits per heavy atom. The van der Waals surface area contributed by atoms with Crippen LogP contribution in [0.4, 0.5) is 0 Å². The van der Waals surface area contributed by atoms with Gasteiger partial charge in [-0.1, -0.05) is 6.42 Å². The number of H-pyrrole nitrogens is 1. The molecular weight excluding hydrogens is 286 g/mol. The molecule has 4 atom stereocenters. The quantitative estimate of drug-likeness (QED) is 0.836. The first-order valence-corrected chi connectivity index (χ1v) is 8.78. The molecule has 2 aliphatic carbocycles. The molecule has 2 heterocycles. The lowest BCUT2D eigenvalue weighted by molar-refractivity contribution is 0.242. The van der Waals surface area contributed by atoms with Gasteiger partial charge in [0.05, 0.1) is 0 Å². The molecule has 2 fully saturated rings. The number of nitrogens with one attached hydrogen (secondary N) is 1. The largest absolute Gasteiger partial charge is 0.297 e. The summed E-state index contributed by atoms with van der Waals surface area (Å²) in [5, 5.41) is 11.7. The van der Waals surface area contributed by atoms with Crippen molar-refractivity contribution < 1.29 is 0 Å². The Hall–Kier alpha value is -0.940. The van der Waals surface area contributed by atoms with Crippen molar-refractivity contribution in [3.8, 4) is 11.4 Å². The van der Waals surface area contributed by atoms with Crippen molar-refractivity contribution in [2.45, 2.75) is 38.6 Å². The van der Waals surface area contributed by atoms with Gasteiger partial charge in [0, 0.05) is 17.0 Å². The van der Waals surface area contributed by atoms with Gasteiger partial charge in [-0.15, -0.1) is 0 Å². The summed E-state index contributed by atoms with van der Waals surface area (Å²) in [5.41, 5.74) is 1.18. The highest BCUT2D eigenvalue weighted by molar-refractivity contribution is 7.71. The molecular formula is C15H19N3S2. The van der Waals surface area contributed by atoms with Crippen LogP contribution in [0.15, 0.2) is 16.8 Å². The van der Waals surface area contributed by atoms with Gasteiger partial charge in [0.15, 0.2) is 10.6 Å². The zero-order valence-electron chi connectivity index (χ0n) is 11.6. The maximum atomic E-state index is 5.49. The fourth-order valence-corrected chi connectivity index (χ4v) is 5.29. The van der Waals surface area contributed by atoms with Gasteiger partial charge in [0.2, 0.25) is 0 Å². The van der Waals surface area contributed by atoms with Crippen LogP contribution < -0.4 is 0 Å². The molecule has 2 aliphatic rings. The van der Waals surface area contributed by atoms with Crippen molar-refractivity contribution in [2.24, 2.45) is 17.8 Å².